The minimum Gasteiger partial charge on any atom is -0.489 e. The number of nitrogens with zero attached hydrogens (tertiary/aromatic N) is 2. The van der Waals surface area contributed by atoms with E-state index >= 15 is 0 Å². The predicted molar refractivity (Wildman–Crippen MR) is 105 cm³/mol. The van der Waals surface area contributed by atoms with Crippen LogP contribution in [-0.2, 0) is 13.0 Å². The molecule has 0 spiro atoms. The van der Waals surface area contributed by atoms with Gasteiger partial charge in [0.1, 0.15) is 12.4 Å². The van der Waals surface area contributed by atoms with Gasteiger partial charge in [-0.15, -0.1) is 0 Å². The molecule has 27 heavy (non-hydrogen) atoms. The van der Waals surface area contributed by atoms with E-state index in [4.69, 9.17) is 4.74 Å². The molecule has 1 aliphatic carbocycles. The van der Waals surface area contributed by atoms with Gasteiger partial charge in [-0.3, -0.25) is 9.78 Å². The van der Waals surface area contributed by atoms with Gasteiger partial charge in [0.2, 0.25) is 0 Å². The van der Waals surface area contributed by atoms with Crippen molar-refractivity contribution in [1.29, 1.82) is 0 Å². The standard InChI is InChI=1S/C23H22N2O2/c1-25(22-13-10-18-6-2-3-7-21(18)22)23(26)19-8-11-20(12-9-19)27-16-17-5-4-14-24-15-17/h2-9,11-12,14-15,22H,10,13,16H2,1H3/t22-/m0/s1. The third-order valence-electron chi connectivity index (χ3n) is 5.12. The van der Waals surface area contributed by atoms with Gasteiger partial charge in [0.25, 0.3) is 5.91 Å². The molecule has 0 saturated heterocycles. The van der Waals surface area contributed by atoms with Crippen LogP contribution in [0, 0.1) is 0 Å². The second-order valence-electron chi connectivity index (χ2n) is 6.84. The number of hydrogen-bond acceptors (Lipinski definition) is 3. The molecule has 0 saturated carbocycles. The zero-order valence-electron chi connectivity index (χ0n) is 15.3. The lowest BCUT2D eigenvalue weighted by molar-refractivity contribution is 0.0730. The number of pyridine rings is 1. The van der Waals surface area contributed by atoms with E-state index in [1.807, 2.05) is 54.4 Å². The van der Waals surface area contributed by atoms with Crippen LogP contribution in [0.3, 0.4) is 0 Å². The summed E-state index contributed by atoms with van der Waals surface area (Å²) in [6.07, 6.45) is 5.53. The molecule has 0 radical (unpaired) electrons. The molecule has 1 aromatic heterocycles. The van der Waals surface area contributed by atoms with Crippen molar-refractivity contribution in [2.45, 2.75) is 25.5 Å². The summed E-state index contributed by atoms with van der Waals surface area (Å²) in [6, 6.07) is 19.8. The average molecular weight is 358 g/mol. The Kier molecular flexibility index (Phi) is 4.88. The van der Waals surface area contributed by atoms with E-state index in [1.54, 1.807) is 12.4 Å². The third-order valence-corrected chi connectivity index (χ3v) is 5.12. The number of rotatable bonds is 5. The fraction of sp³-hybridized carbons (Fsp3) is 0.217. The maximum Gasteiger partial charge on any atom is 0.254 e. The van der Waals surface area contributed by atoms with Gasteiger partial charge in [-0.2, -0.15) is 0 Å². The van der Waals surface area contributed by atoms with E-state index in [9.17, 15) is 4.79 Å². The first-order valence-electron chi connectivity index (χ1n) is 9.19. The smallest absolute Gasteiger partial charge is 0.254 e. The minimum absolute atomic E-state index is 0.0375. The fourth-order valence-electron chi connectivity index (χ4n) is 3.63. The van der Waals surface area contributed by atoms with Gasteiger partial charge in [-0.05, 0) is 54.3 Å². The Labute approximate surface area is 159 Å². The van der Waals surface area contributed by atoms with Crippen molar-refractivity contribution in [3.63, 3.8) is 0 Å². The number of benzene rings is 2. The monoisotopic (exact) mass is 358 g/mol. The SMILES string of the molecule is CN(C(=O)c1ccc(OCc2cccnc2)cc1)[C@H]1CCc2ccccc21. The van der Waals surface area contributed by atoms with E-state index < -0.39 is 0 Å². The van der Waals surface area contributed by atoms with Gasteiger partial charge in [0.15, 0.2) is 0 Å². The average Bonchev–Trinajstić information content (AvgIpc) is 3.16. The summed E-state index contributed by atoms with van der Waals surface area (Å²) < 4.78 is 5.77. The van der Waals surface area contributed by atoms with Crippen LogP contribution in [0.2, 0.25) is 0 Å². The van der Waals surface area contributed by atoms with Gasteiger partial charge in [0.05, 0.1) is 6.04 Å². The van der Waals surface area contributed by atoms with Crippen molar-refractivity contribution in [3.8, 4) is 5.75 Å². The lowest BCUT2D eigenvalue weighted by atomic mass is 10.1. The van der Waals surface area contributed by atoms with Gasteiger partial charge in [0, 0.05) is 30.6 Å². The molecular weight excluding hydrogens is 336 g/mol. The molecule has 1 aliphatic rings. The Bertz CT molecular complexity index is 923. The summed E-state index contributed by atoms with van der Waals surface area (Å²) in [6.45, 7) is 0.458. The Morgan fingerprint density at radius 2 is 1.93 bits per heavy atom. The molecule has 4 nitrogen and oxygen atoms in total. The van der Waals surface area contributed by atoms with Crippen LogP contribution < -0.4 is 4.74 Å². The second kappa shape index (κ2) is 7.62. The number of hydrogen-bond donors (Lipinski definition) is 0. The Morgan fingerprint density at radius 3 is 2.70 bits per heavy atom. The van der Waals surface area contributed by atoms with Crippen LogP contribution in [0.15, 0.2) is 73.1 Å². The van der Waals surface area contributed by atoms with E-state index in [0.717, 1.165) is 24.2 Å². The Hall–Kier alpha value is -3.14. The molecule has 0 N–H and O–H groups in total. The topological polar surface area (TPSA) is 42.4 Å². The van der Waals surface area contributed by atoms with Gasteiger partial charge in [-0.1, -0.05) is 30.3 Å². The number of carbonyl (C=O) groups excluding carboxylic acids is 1. The fourth-order valence-corrected chi connectivity index (χ4v) is 3.63. The van der Waals surface area contributed by atoms with Crippen LogP contribution in [0.25, 0.3) is 0 Å². The number of carbonyl (C=O) groups is 1. The van der Waals surface area contributed by atoms with E-state index in [1.165, 1.54) is 11.1 Å². The number of ether oxygens (including phenoxy) is 1. The van der Waals surface area contributed by atoms with Gasteiger partial charge >= 0.3 is 0 Å². The summed E-state index contributed by atoms with van der Waals surface area (Å²) in [5, 5.41) is 0. The molecule has 0 bridgehead atoms. The number of aromatic nitrogens is 1. The highest BCUT2D eigenvalue weighted by Crippen LogP contribution is 2.35. The van der Waals surface area contributed by atoms with Crippen molar-refractivity contribution in [3.05, 3.63) is 95.3 Å². The molecule has 136 valence electrons. The molecule has 1 atom stereocenters. The normalized spacial score (nSPS) is 15.2. The summed E-state index contributed by atoms with van der Waals surface area (Å²) in [5.74, 6) is 0.778. The summed E-state index contributed by atoms with van der Waals surface area (Å²) >= 11 is 0. The van der Waals surface area contributed by atoms with E-state index in [2.05, 4.69) is 23.2 Å². The number of aryl methyl sites for hydroxylation is 1. The van der Waals surface area contributed by atoms with Crippen molar-refractivity contribution in [2.75, 3.05) is 7.05 Å². The van der Waals surface area contributed by atoms with Crippen molar-refractivity contribution >= 4 is 5.91 Å². The predicted octanol–water partition coefficient (Wildman–Crippen LogP) is 4.42. The summed E-state index contributed by atoms with van der Waals surface area (Å²) in [7, 11) is 1.89. The molecule has 0 unspecified atom stereocenters. The van der Waals surface area contributed by atoms with Crippen LogP contribution in [0.1, 0.15) is 39.5 Å². The first-order chi connectivity index (χ1) is 13.2. The number of amides is 1. The first kappa shape index (κ1) is 17.3. The molecule has 4 heteroatoms. The van der Waals surface area contributed by atoms with Gasteiger partial charge in [-0.25, -0.2) is 0 Å². The zero-order chi connectivity index (χ0) is 18.6. The largest absolute Gasteiger partial charge is 0.489 e. The molecule has 0 aliphatic heterocycles. The maximum absolute atomic E-state index is 12.9. The molecule has 4 rings (SSSR count). The second-order valence-corrected chi connectivity index (χ2v) is 6.84. The maximum atomic E-state index is 12.9. The lowest BCUT2D eigenvalue weighted by Crippen LogP contribution is -2.30. The Morgan fingerprint density at radius 1 is 1.11 bits per heavy atom. The molecule has 2 aromatic carbocycles. The quantitative estimate of drug-likeness (QED) is 0.678. The highest BCUT2D eigenvalue weighted by atomic mass is 16.5. The third kappa shape index (κ3) is 3.70. The minimum atomic E-state index is 0.0375. The Balaban J connectivity index is 1.42. The highest BCUT2D eigenvalue weighted by Gasteiger charge is 2.28. The van der Waals surface area contributed by atoms with E-state index in [-0.39, 0.29) is 11.9 Å². The molecule has 0 fully saturated rings. The highest BCUT2D eigenvalue weighted by molar-refractivity contribution is 5.94. The van der Waals surface area contributed by atoms with Crippen LogP contribution in [0.4, 0.5) is 0 Å². The molecular formula is C23H22N2O2. The zero-order valence-corrected chi connectivity index (χ0v) is 15.3. The molecule has 1 amide bonds. The summed E-state index contributed by atoms with van der Waals surface area (Å²) in [4.78, 5) is 18.8. The van der Waals surface area contributed by atoms with Crippen LogP contribution in [-0.4, -0.2) is 22.8 Å². The summed E-state index contributed by atoms with van der Waals surface area (Å²) in [5.41, 5.74) is 4.30. The molecule has 1 heterocycles. The van der Waals surface area contributed by atoms with Crippen LogP contribution >= 0.6 is 0 Å². The van der Waals surface area contributed by atoms with Gasteiger partial charge < -0.3 is 9.64 Å². The lowest BCUT2D eigenvalue weighted by Gasteiger charge is -2.25. The van der Waals surface area contributed by atoms with Crippen molar-refractivity contribution in [1.82, 2.24) is 9.88 Å². The van der Waals surface area contributed by atoms with E-state index in [0.29, 0.717) is 12.2 Å². The first-order valence-corrected chi connectivity index (χ1v) is 9.19. The van der Waals surface area contributed by atoms with Crippen LogP contribution in [0.5, 0.6) is 5.75 Å². The number of fused-ring (bicyclic) bond motifs is 1. The van der Waals surface area contributed by atoms with Crippen molar-refractivity contribution in [2.24, 2.45) is 0 Å². The van der Waals surface area contributed by atoms with Crippen molar-refractivity contribution < 1.29 is 9.53 Å². The molecule has 3 aromatic rings.